The maximum Gasteiger partial charge on any atom is 0.0929 e. The van der Waals surface area contributed by atoms with Gasteiger partial charge in [-0.25, -0.2) is 0 Å². The van der Waals surface area contributed by atoms with Gasteiger partial charge in [-0.1, -0.05) is 17.3 Å². The van der Waals surface area contributed by atoms with Crippen LogP contribution in [0.25, 0.3) is 0 Å². The lowest BCUT2D eigenvalue weighted by Gasteiger charge is -2.01. The van der Waals surface area contributed by atoms with E-state index in [4.69, 9.17) is 5.73 Å². The van der Waals surface area contributed by atoms with Crippen LogP contribution < -0.4 is 5.73 Å². The van der Waals surface area contributed by atoms with E-state index in [0.29, 0.717) is 6.54 Å². The molecule has 4 nitrogen and oxygen atoms in total. The third kappa shape index (κ3) is 2.84. The van der Waals surface area contributed by atoms with Gasteiger partial charge >= 0.3 is 0 Å². The molecule has 0 aliphatic heterocycles. The molecule has 1 aromatic heterocycles. The van der Waals surface area contributed by atoms with E-state index in [1.165, 1.54) is 4.90 Å². The maximum atomic E-state index is 5.59. The first-order valence-corrected chi connectivity index (χ1v) is 6.03. The Hall–Kier alpha value is -1.33. The van der Waals surface area contributed by atoms with Crippen molar-refractivity contribution in [3.63, 3.8) is 0 Å². The first-order chi connectivity index (χ1) is 7.78. The summed E-state index contributed by atoms with van der Waals surface area (Å²) in [6, 6.07) is 8.26. The van der Waals surface area contributed by atoms with Gasteiger partial charge in [0.2, 0.25) is 0 Å². The summed E-state index contributed by atoms with van der Waals surface area (Å²) in [5, 5.41) is 7.94. The van der Waals surface area contributed by atoms with Crippen LogP contribution in [0.5, 0.6) is 0 Å². The van der Waals surface area contributed by atoms with Crippen molar-refractivity contribution in [1.29, 1.82) is 0 Å². The van der Waals surface area contributed by atoms with Crippen LogP contribution in [0.2, 0.25) is 0 Å². The van der Waals surface area contributed by atoms with Crippen molar-refractivity contribution in [2.24, 2.45) is 12.8 Å². The quantitative estimate of drug-likeness (QED) is 0.816. The van der Waals surface area contributed by atoms with E-state index < -0.39 is 0 Å². The molecule has 0 saturated carbocycles. The zero-order valence-corrected chi connectivity index (χ0v) is 9.94. The average Bonchev–Trinajstić information content (AvgIpc) is 2.73. The molecule has 84 valence electrons. The zero-order valence-electron chi connectivity index (χ0n) is 9.13. The highest BCUT2D eigenvalue weighted by molar-refractivity contribution is 7.98. The number of rotatable bonds is 4. The van der Waals surface area contributed by atoms with Crippen molar-refractivity contribution in [3.05, 3.63) is 41.7 Å². The number of benzene rings is 1. The van der Waals surface area contributed by atoms with Crippen molar-refractivity contribution < 1.29 is 0 Å². The molecule has 2 rings (SSSR count). The number of aromatic nitrogens is 3. The normalized spacial score (nSPS) is 10.6. The van der Waals surface area contributed by atoms with Crippen LogP contribution in [0.1, 0.15) is 11.3 Å². The van der Waals surface area contributed by atoms with Crippen molar-refractivity contribution >= 4 is 11.8 Å². The number of thioether (sulfide) groups is 1. The lowest BCUT2D eigenvalue weighted by atomic mass is 10.2. The Morgan fingerprint density at radius 1 is 1.44 bits per heavy atom. The second-order valence-electron chi connectivity index (χ2n) is 3.52. The van der Waals surface area contributed by atoms with Gasteiger partial charge in [-0.3, -0.25) is 4.68 Å². The van der Waals surface area contributed by atoms with E-state index in [1.807, 2.05) is 25.4 Å². The van der Waals surface area contributed by atoms with Crippen LogP contribution in [0.4, 0.5) is 0 Å². The summed E-state index contributed by atoms with van der Waals surface area (Å²) in [6.07, 6.45) is 1.93. The summed E-state index contributed by atoms with van der Waals surface area (Å²) in [4.78, 5) is 1.22. The highest BCUT2D eigenvalue weighted by Crippen LogP contribution is 2.22. The van der Waals surface area contributed by atoms with Crippen molar-refractivity contribution in [1.82, 2.24) is 15.0 Å². The number of hydrogen-bond donors (Lipinski definition) is 1. The fraction of sp³-hybridized carbons (Fsp3) is 0.273. The van der Waals surface area contributed by atoms with Gasteiger partial charge in [0, 0.05) is 30.4 Å². The highest BCUT2D eigenvalue weighted by atomic mass is 32.2. The zero-order chi connectivity index (χ0) is 11.4. The predicted molar refractivity (Wildman–Crippen MR) is 64.9 cm³/mol. The summed E-state index contributed by atoms with van der Waals surface area (Å²) < 4.78 is 1.71. The second-order valence-corrected chi connectivity index (χ2v) is 4.57. The summed E-state index contributed by atoms with van der Waals surface area (Å²) in [7, 11) is 1.87. The first kappa shape index (κ1) is 11.2. The molecule has 0 unspecified atom stereocenters. The van der Waals surface area contributed by atoms with E-state index in [9.17, 15) is 0 Å². The largest absolute Gasteiger partial charge is 0.326 e. The lowest BCUT2D eigenvalue weighted by Crippen LogP contribution is -1.95. The monoisotopic (exact) mass is 234 g/mol. The molecule has 1 heterocycles. The van der Waals surface area contributed by atoms with Gasteiger partial charge in [0.1, 0.15) is 0 Å². The maximum absolute atomic E-state index is 5.59. The van der Waals surface area contributed by atoms with Crippen LogP contribution in [-0.2, 0) is 19.3 Å². The fourth-order valence-corrected chi connectivity index (χ4v) is 2.24. The standard InChI is InChI=1S/C11H14N4S/c1-15-7-10(13-14-15)8-16-11-4-2-3-9(5-11)6-12/h2-5,7H,6,8,12H2,1H3. The van der Waals surface area contributed by atoms with Crippen LogP contribution in [-0.4, -0.2) is 15.0 Å². The Balaban J connectivity index is 1.99. The minimum absolute atomic E-state index is 0.583. The Bertz CT molecular complexity index is 467. The van der Waals surface area contributed by atoms with Gasteiger partial charge < -0.3 is 5.73 Å². The highest BCUT2D eigenvalue weighted by Gasteiger charge is 2.00. The third-order valence-electron chi connectivity index (χ3n) is 2.17. The van der Waals surface area contributed by atoms with E-state index in [-0.39, 0.29) is 0 Å². The van der Waals surface area contributed by atoms with Gasteiger partial charge in [-0.2, -0.15) is 0 Å². The molecule has 0 amide bonds. The molecule has 0 bridgehead atoms. The molecule has 0 radical (unpaired) electrons. The average molecular weight is 234 g/mol. The van der Waals surface area contributed by atoms with Gasteiger partial charge in [0.05, 0.1) is 5.69 Å². The Morgan fingerprint density at radius 2 is 2.31 bits per heavy atom. The predicted octanol–water partition coefficient (Wildman–Crippen LogP) is 1.57. The molecule has 0 saturated heterocycles. The molecule has 0 atom stereocenters. The Morgan fingerprint density at radius 3 is 3.00 bits per heavy atom. The van der Waals surface area contributed by atoms with Gasteiger partial charge in [0.25, 0.3) is 0 Å². The van der Waals surface area contributed by atoms with E-state index in [1.54, 1.807) is 16.4 Å². The Labute approximate surface area is 98.8 Å². The molecular weight excluding hydrogens is 220 g/mol. The number of nitrogens with two attached hydrogens (primary N) is 1. The van der Waals surface area contributed by atoms with Crippen molar-refractivity contribution in [2.75, 3.05) is 0 Å². The van der Waals surface area contributed by atoms with Gasteiger partial charge in [0.15, 0.2) is 0 Å². The van der Waals surface area contributed by atoms with Gasteiger partial charge in [-0.05, 0) is 17.7 Å². The van der Waals surface area contributed by atoms with Crippen molar-refractivity contribution in [2.45, 2.75) is 17.2 Å². The molecular formula is C11H14N4S. The molecule has 5 heteroatoms. The van der Waals surface area contributed by atoms with Crippen LogP contribution >= 0.6 is 11.8 Å². The summed E-state index contributed by atoms with van der Waals surface area (Å²) >= 11 is 1.74. The SMILES string of the molecule is Cn1cc(CSc2cccc(CN)c2)nn1. The molecule has 0 fully saturated rings. The smallest absolute Gasteiger partial charge is 0.0929 e. The minimum Gasteiger partial charge on any atom is -0.326 e. The minimum atomic E-state index is 0.583. The van der Waals surface area contributed by atoms with E-state index in [0.717, 1.165) is 17.0 Å². The summed E-state index contributed by atoms with van der Waals surface area (Å²) in [5.41, 5.74) is 7.74. The molecule has 1 aromatic carbocycles. The van der Waals surface area contributed by atoms with Crippen molar-refractivity contribution in [3.8, 4) is 0 Å². The third-order valence-corrected chi connectivity index (χ3v) is 3.20. The topological polar surface area (TPSA) is 56.7 Å². The fourth-order valence-electron chi connectivity index (χ4n) is 1.38. The first-order valence-electron chi connectivity index (χ1n) is 5.05. The second kappa shape index (κ2) is 5.14. The molecule has 16 heavy (non-hydrogen) atoms. The summed E-state index contributed by atoms with van der Waals surface area (Å²) in [6.45, 7) is 0.583. The summed E-state index contributed by atoms with van der Waals surface area (Å²) in [5.74, 6) is 0.835. The Kier molecular flexibility index (Phi) is 3.58. The number of hydrogen-bond acceptors (Lipinski definition) is 4. The molecule has 0 aliphatic carbocycles. The van der Waals surface area contributed by atoms with E-state index in [2.05, 4.69) is 22.4 Å². The molecule has 0 spiro atoms. The van der Waals surface area contributed by atoms with Gasteiger partial charge in [-0.15, -0.1) is 16.9 Å². The molecule has 2 aromatic rings. The van der Waals surface area contributed by atoms with Crippen LogP contribution in [0, 0.1) is 0 Å². The number of aryl methyl sites for hydroxylation is 1. The number of nitrogens with zero attached hydrogens (tertiary/aromatic N) is 3. The van der Waals surface area contributed by atoms with E-state index >= 15 is 0 Å². The van der Waals surface area contributed by atoms with Crippen LogP contribution in [0.15, 0.2) is 35.4 Å². The molecule has 0 aliphatic rings. The molecule has 2 N–H and O–H groups in total. The van der Waals surface area contributed by atoms with Crippen LogP contribution in [0.3, 0.4) is 0 Å². The lowest BCUT2D eigenvalue weighted by molar-refractivity contribution is 0.714.